The van der Waals surface area contributed by atoms with Crippen LogP contribution in [0.4, 0.5) is 4.39 Å². The summed E-state index contributed by atoms with van der Waals surface area (Å²) in [6.07, 6.45) is 0.218. The SMILES string of the molecule is CC(C(=O)O)C1(F)CCCS(=O)(=O)C1. The highest BCUT2D eigenvalue weighted by atomic mass is 32.2. The van der Waals surface area contributed by atoms with Crippen molar-refractivity contribution in [3.63, 3.8) is 0 Å². The zero-order valence-electron chi connectivity index (χ0n) is 7.86. The molecule has 1 aliphatic rings. The Kier molecular flexibility index (Phi) is 2.85. The molecule has 0 amide bonds. The molecule has 0 aromatic carbocycles. The topological polar surface area (TPSA) is 71.4 Å². The highest BCUT2D eigenvalue weighted by Gasteiger charge is 2.46. The predicted octanol–water partition coefficient (Wildman–Crippen LogP) is 0.624. The number of hydrogen-bond acceptors (Lipinski definition) is 3. The Morgan fingerprint density at radius 3 is 2.57 bits per heavy atom. The second-order valence-corrected chi connectivity index (χ2v) is 5.97. The van der Waals surface area contributed by atoms with Crippen molar-refractivity contribution in [1.29, 1.82) is 0 Å². The maximum Gasteiger partial charge on any atom is 0.309 e. The Morgan fingerprint density at radius 1 is 1.57 bits per heavy atom. The third-order valence-electron chi connectivity index (χ3n) is 2.65. The summed E-state index contributed by atoms with van der Waals surface area (Å²) in [5.41, 5.74) is -2.09. The van der Waals surface area contributed by atoms with Crippen LogP contribution < -0.4 is 0 Å². The van der Waals surface area contributed by atoms with E-state index in [2.05, 4.69) is 0 Å². The molecule has 0 aromatic rings. The number of alkyl halides is 1. The van der Waals surface area contributed by atoms with Gasteiger partial charge in [0, 0.05) is 0 Å². The molecule has 6 heteroatoms. The first-order valence-corrected chi connectivity index (χ1v) is 6.21. The van der Waals surface area contributed by atoms with Crippen LogP contribution in [0.15, 0.2) is 0 Å². The highest BCUT2D eigenvalue weighted by molar-refractivity contribution is 7.91. The lowest BCUT2D eigenvalue weighted by molar-refractivity contribution is -0.146. The number of carbonyl (C=O) groups is 1. The summed E-state index contributed by atoms with van der Waals surface area (Å²) in [7, 11) is -3.41. The van der Waals surface area contributed by atoms with Gasteiger partial charge in [0.15, 0.2) is 9.84 Å². The van der Waals surface area contributed by atoms with Gasteiger partial charge in [-0.25, -0.2) is 12.8 Å². The van der Waals surface area contributed by atoms with Gasteiger partial charge >= 0.3 is 5.97 Å². The zero-order valence-corrected chi connectivity index (χ0v) is 8.68. The van der Waals surface area contributed by atoms with Crippen molar-refractivity contribution in [2.24, 2.45) is 5.92 Å². The standard InChI is InChI=1S/C8H13FO4S/c1-6(7(10)11)8(9)3-2-4-14(12,13)5-8/h6H,2-5H2,1H3,(H,10,11). The van der Waals surface area contributed by atoms with E-state index in [0.29, 0.717) is 0 Å². The maximum atomic E-state index is 14.0. The number of halogens is 1. The summed E-state index contributed by atoms with van der Waals surface area (Å²) in [4.78, 5) is 10.6. The van der Waals surface area contributed by atoms with E-state index in [-0.39, 0.29) is 18.6 Å². The van der Waals surface area contributed by atoms with E-state index in [1.165, 1.54) is 6.92 Å². The van der Waals surface area contributed by atoms with Gasteiger partial charge in [0.2, 0.25) is 0 Å². The molecular weight excluding hydrogens is 211 g/mol. The number of sulfone groups is 1. The molecule has 2 unspecified atom stereocenters. The largest absolute Gasteiger partial charge is 0.481 e. The Labute approximate surface area is 82.0 Å². The van der Waals surface area contributed by atoms with E-state index in [1.54, 1.807) is 0 Å². The third kappa shape index (κ3) is 2.23. The predicted molar refractivity (Wildman–Crippen MR) is 48.5 cm³/mol. The van der Waals surface area contributed by atoms with Crippen LogP contribution in [0.25, 0.3) is 0 Å². The van der Waals surface area contributed by atoms with E-state index in [4.69, 9.17) is 5.11 Å². The van der Waals surface area contributed by atoms with Gasteiger partial charge in [-0.1, -0.05) is 0 Å². The third-order valence-corrected chi connectivity index (χ3v) is 4.48. The van der Waals surface area contributed by atoms with Gasteiger partial charge in [-0.2, -0.15) is 0 Å². The molecule has 82 valence electrons. The summed E-state index contributed by atoms with van der Waals surface area (Å²) in [6, 6.07) is 0. The van der Waals surface area contributed by atoms with Crippen LogP contribution in [0.3, 0.4) is 0 Å². The van der Waals surface area contributed by atoms with Gasteiger partial charge in [0.1, 0.15) is 5.67 Å². The van der Waals surface area contributed by atoms with Gasteiger partial charge in [-0.15, -0.1) is 0 Å². The van der Waals surface area contributed by atoms with Crippen LogP contribution in [0.5, 0.6) is 0 Å². The second-order valence-electron chi connectivity index (χ2n) is 3.79. The molecule has 0 aliphatic carbocycles. The molecule has 14 heavy (non-hydrogen) atoms. The number of carboxylic acid groups (broad SMARTS) is 1. The summed E-state index contributed by atoms with van der Waals surface area (Å²) in [6.45, 7) is 1.21. The lowest BCUT2D eigenvalue weighted by Gasteiger charge is -2.32. The fourth-order valence-electron chi connectivity index (χ4n) is 1.66. The van der Waals surface area contributed by atoms with E-state index < -0.39 is 33.1 Å². The van der Waals surface area contributed by atoms with Crippen molar-refractivity contribution in [3.05, 3.63) is 0 Å². The normalized spacial score (nSPS) is 33.6. The first-order chi connectivity index (χ1) is 6.27. The molecule has 0 radical (unpaired) electrons. The molecule has 4 nitrogen and oxygen atoms in total. The maximum absolute atomic E-state index is 14.0. The number of carboxylic acids is 1. The van der Waals surface area contributed by atoms with Crippen molar-refractivity contribution < 1.29 is 22.7 Å². The quantitative estimate of drug-likeness (QED) is 0.746. The van der Waals surface area contributed by atoms with Crippen LogP contribution in [-0.2, 0) is 14.6 Å². The van der Waals surface area contributed by atoms with E-state index >= 15 is 0 Å². The monoisotopic (exact) mass is 224 g/mol. The molecule has 1 heterocycles. The average Bonchev–Trinajstić information content (AvgIpc) is 2.00. The van der Waals surface area contributed by atoms with Gasteiger partial charge in [0.25, 0.3) is 0 Å². The van der Waals surface area contributed by atoms with Crippen molar-refractivity contribution in [2.45, 2.75) is 25.4 Å². The van der Waals surface area contributed by atoms with Crippen molar-refractivity contribution in [3.8, 4) is 0 Å². The molecule has 1 aliphatic heterocycles. The van der Waals surface area contributed by atoms with Crippen LogP contribution in [0.2, 0.25) is 0 Å². The summed E-state index contributed by atoms with van der Waals surface area (Å²) in [5.74, 6) is -3.25. The van der Waals surface area contributed by atoms with Crippen molar-refractivity contribution in [1.82, 2.24) is 0 Å². The van der Waals surface area contributed by atoms with E-state index in [0.717, 1.165) is 0 Å². The molecule has 0 aromatic heterocycles. The first kappa shape index (κ1) is 11.4. The number of aliphatic carboxylic acids is 1. The Hall–Kier alpha value is -0.650. The van der Waals surface area contributed by atoms with Gasteiger partial charge in [-0.05, 0) is 19.8 Å². The van der Waals surface area contributed by atoms with Crippen LogP contribution in [0, 0.1) is 5.92 Å². The minimum atomic E-state index is -3.41. The average molecular weight is 224 g/mol. The van der Waals surface area contributed by atoms with Crippen LogP contribution >= 0.6 is 0 Å². The minimum absolute atomic E-state index is 0.0136. The molecule has 1 rings (SSSR count). The molecule has 1 N–H and O–H groups in total. The second kappa shape index (κ2) is 3.49. The molecule has 2 atom stereocenters. The van der Waals surface area contributed by atoms with E-state index in [9.17, 15) is 17.6 Å². The molecule has 0 saturated carbocycles. The molecule has 0 spiro atoms. The number of hydrogen-bond donors (Lipinski definition) is 1. The highest BCUT2D eigenvalue weighted by Crippen LogP contribution is 2.33. The van der Waals surface area contributed by atoms with Crippen LogP contribution in [-0.4, -0.2) is 36.7 Å². The number of rotatable bonds is 2. The van der Waals surface area contributed by atoms with Crippen LogP contribution in [0.1, 0.15) is 19.8 Å². The summed E-state index contributed by atoms with van der Waals surface area (Å²) in [5, 5.41) is 8.63. The van der Waals surface area contributed by atoms with Gasteiger partial charge in [0.05, 0.1) is 17.4 Å². The zero-order chi connectivity index (χ0) is 11.0. The van der Waals surface area contributed by atoms with Gasteiger partial charge in [-0.3, -0.25) is 4.79 Å². The Balaban J connectivity index is 2.89. The molecule has 1 fully saturated rings. The Morgan fingerprint density at radius 2 is 2.14 bits per heavy atom. The molecule has 0 bridgehead atoms. The minimum Gasteiger partial charge on any atom is -0.481 e. The van der Waals surface area contributed by atoms with Crippen molar-refractivity contribution in [2.75, 3.05) is 11.5 Å². The Bertz CT molecular complexity index is 337. The summed E-state index contributed by atoms with van der Waals surface area (Å²) < 4.78 is 36.3. The van der Waals surface area contributed by atoms with Crippen molar-refractivity contribution >= 4 is 15.8 Å². The first-order valence-electron chi connectivity index (χ1n) is 4.39. The summed E-state index contributed by atoms with van der Waals surface area (Å²) >= 11 is 0. The fourth-order valence-corrected chi connectivity index (χ4v) is 3.51. The smallest absolute Gasteiger partial charge is 0.309 e. The van der Waals surface area contributed by atoms with Gasteiger partial charge < -0.3 is 5.11 Å². The fraction of sp³-hybridized carbons (Fsp3) is 0.875. The van der Waals surface area contributed by atoms with E-state index in [1.807, 2.05) is 0 Å². The molecule has 1 saturated heterocycles. The molecular formula is C8H13FO4S. The lowest BCUT2D eigenvalue weighted by atomic mass is 9.88. The lowest BCUT2D eigenvalue weighted by Crippen LogP contribution is -2.46.